The molecule has 1 saturated carbocycles. The van der Waals surface area contributed by atoms with Gasteiger partial charge in [-0.3, -0.25) is 4.79 Å². The van der Waals surface area contributed by atoms with Gasteiger partial charge < -0.3 is 4.74 Å². The summed E-state index contributed by atoms with van der Waals surface area (Å²) in [4.78, 5) is 12.3. The Morgan fingerprint density at radius 1 is 1.41 bits per heavy atom. The molecule has 2 heteroatoms. The van der Waals surface area contributed by atoms with E-state index in [0.717, 1.165) is 12.8 Å². The summed E-state index contributed by atoms with van der Waals surface area (Å²) in [5.41, 5.74) is 2.34. The van der Waals surface area contributed by atoms with E-state index < -0.39 is 0 Å². The van der Waals surface area contributed by atoms with Crippen LogP contribution in [0, 0.1) is 11.3 Å². The van der Waals surface area contributed by atoms with E-state index in [-0.39, 0.29) is 16.8 Å². The van der Waals surface area contributed by atoms with Gasteiger partial charge in [-0.2, -0.15) is 0 Å². The minimum absolute atomic E-state index is 0.0178. The Labute approximate surface area is 102 Å². The predicted octanol–water partition coefficient (Wildman–Crippen LogP) is 2.70. The molecule has 2 aliphatic carbocycles. The molecule has 0 N–H and O–H groups in total. The Hall–Kier alpha value is -1.31. The first kappa shape index (κ1) is 10.8. The summed E-state index contributed by atoms with van der Waals surface area (Å²) in [6.07, 6.45) is 1.92. The number of carbonyl (C=O) groups is 1. The minimum atomic E-state index is -0.314. The van der Waals surface area contributed by atoms with Crippen molar-refractivity contribution in [3.8, 4) is 0 Å². The number of carbonyl (C=O) groups excluding carboxylic acids is 1. The summed E-state index contributed by atoms with van der Waals surface area (Å²) in [6.45, 7) is 4.39. The molecule has 2 aliphatic rings. The van der Waals surface area contributed by atoms with E-state index in [2.05, 4.69) is 38.1 Å². The fraction of sp³-hybridized carbons (Fsp3) is 0.533. The molecule has 1 fully saturated rings. The number of fused-ring (bicyclic) bond motifs is 3. The van der Waals surface area contributed by atoms with Crippen molar-refractivity contribution in [2.75, 3.05) is 7.11 Å². The summed E-state index contributed by atoms with van der Waals surface area (Å²) < 4.78 is 5.09. The first-order chi connectivity index (χ1) is 8.06. The smallest absolute Gasteiger partial charge is 0.313 e. The van der Waals surface area contributed by atoms with E-state index in [4.69, 9.17) is 4.74 Å². The summed E-state index contributed by atoms with van der Waals surface area (Å²) in [5.74, 6) is 0.377. The van der Waals surface area contributed by atoms with Crippen molar-refractivity contribution in [2.45, 2.75) is 32.1 Å². The number of hydrogen-bond acceptors (Lipinski definition) is 2. The molecule has 0 heterocycles. The number of hydrogen-bond donors (Lipinski definition) is 0. The van der Waals surface area contributed by atoms with Gasteiger partial charge in [0, 0.05) is 5.41 Å². The maximum Gasteiger partial charge on any atom is 0.313 e. The van der Waals surface area contributed by atoms with E-state index in [0.29, 0.717) is 5.92 Å². The zero-order chi connectivity index (χ0) is 12.3. The largest absolute Gasteiger partial charge is 0.469 e. The molecule has 0 spiro atoms. The summed E-state index contributed by atoms with van der Waals surface area (Å²) in [5, 5.41) is 0. The molecule has 2 nitrogen and oxygen atoms in total. The maximum absolute atomic E-state index is 12.3. The van der Waals surface area contributed by atoms with Gasteiger partial charge in [0.15, 0.2) is 0 Å². The molecule has 0 bridgehead atoms. The molecule has 1 aromatic rings. The highest BCUT2D eigenvalue weighted by Gasteiger charge is 2.70. The van der Waals surface area contributed by atoms with E-state index >= 15 is 0 Å². The van der Waals surface area contributed by atoms with Crippen LogP contribution in [0.4, 0.5) is 0 Å². The van der Waals surface area contributed by atoms with Gasteiger partial charge in [-0.1, -0.05) is 38.1 Å². The fourth-order valence-corrected chi connectivity index (χ4v) is 4.29. The van der Waals surface area contributed by atoms with Crippen LogP contribution in [0.2, 0.25) is 0 Å². The molecular weight excluding hydrogens is 212 g/mol. The average Bonchev–Trinajstić information content (AvgIpc) is 2.54. The predicted molar refractivity (Wildman–Crippen MR) is 65.7 cm³/mol. The van der Waals surface area contributed by atoms with Gasteiger partial charge in [-0.15, -0.1) is 0 Å². The number of ether oxygens (including phenoxy) is 1. The van der Waals surface area contributed by atoms with Crippen molar-refractivity contribution in [1.29, 1.82) is 0 Å². The number of rotatable bonds is 1. The van der Waals surface area contributed by atoms with Crippen molar-refractivity contribution in [3.63, 3.8) is 0 Å². The van der Waals surface area contributed by atoms with Gasteiger partial charge in [0.25, 0.3) is 0 Å². The fourth-order valence-electron chi connectivity index (χ4n) is 4.29. The Balaban J connectivity index is 2.16. The minimum Gasteiger partial charge on any atom is -0.469 e. The first-order valence-corrected chi connectivity index (χ1v) is 6.23. The normalized spacial score (nSPS) is 37.9. The third-order valence-corrected chi connectivity index (χ3v) is 5.17. The Bertz CT molecular complexity index is 493. The lowest BCUT2D eigenvalue weighted by atomic mass is 9.45. The van der Waals surface area contributed by atoms with Crippen LogP contribution in [-0.2, 0) is 21.4 Å². The van der Waals surface area contributed by atoms with Crippen molar-refractivity contribution in [2.24, 2.45) is 11.3 Å². The zero-order valence-electron chi connectivity index (χ0n) is 10.6. The van der Waals surface area contributed by atoms with E-state index in [1.54, 1.807) is 0 Å². The molecule has 90 valence electrons. The Morgan fingerprint density at radius 3 is 2.76 bits per heavy atom. The first-order valence-electron chi connectivity index (χ1n) is 6.23. The molecule has 3 atom stereocenters. The molecule has 1 aromatic carbocycles. The van der Waals surface area contributed by atoms with Crippen LogP contribution in [0.1, 0.15) is 31.4 Å². The van der Waals surface area contributed by atoms with Crippen LogP contribution in [-0.4, -0.2) is 13.1 Å². The van der Waals surface area contributed by atoms with Gasteiger partial charge in [0.2, 0.25) is 0 Å². The molecule has 3 unspecified atom stereocenters. The summed E-state index contributed by atoms with van der Waals surface area (Å²) in [6, 6.07) is 8.45. The lowest BCUT2D eigenvalue weighted by Crippen LogP contribution is -2.61. The number of esters is 1. The van der Waals surface area contributed by atoms with Gasteiger partial charge in [0.05, 0.1) is 12.5 Å². The van der Waals surface area contributed by atoms with E-state index in [1.165, 1.54) is 18.2 Å². The third kappa shape index (κ3) is 0.998. The highest BCUT2D eigenvalue weighted by molar-refractivity contribution is 5.84. The van der Waals surface area contributed by atoms with Crippen LogP contribution in [0.25, 0.3) is 0 Å². The van der Waals surface area contributed by atoms with Crippen LogP contribution in [0.5, 0.6) is 0 Å². The average molecular weight is 230 g/mol. The Morgan fingerprint density at radius 2 is 2.12 bits per heavy atom. The van der Waals surface area contributed by atoms with Crippen LogP contribution >= 0.6 is 0 Å². The molecule has 3 rings (SSSR count). The molecule has 0 amide bonds. The molecular formula is C15H18O2. The monoisotopic (exact) mass is 230 g/mol. The van der Waals surface area contributed by atoms with Gasteiger partial charge in [0.1, 0.15) is 0 Å². The standard InChI is InChI=1S/C15H18O2/c1-10-8-14(2)12-7-5-4-6-11(12)9-15(10,14)13(16)17-3/h4-7,10H,8-9H2,1-3H3. The molecule has 0 aromatic heterocycles. The van der Waals surface area contributed by atoms with Crippen LogP contribution in [0.3, 0.4) is 0 Å². The number of benzene rings is 1. The van der Waals surface area contributed by atoms with Crippen molar-refractivity contribution < 1.29 is 9.53 Å². The van der Waals surface area contributed by atoms with Crippen molar-refractivity contribution in [3.05, 3.63) is 35.4 Å². The zero-order valence-corrected chi connectivity index (χ0v) is 10.6. The molecule has 0 saturated heterocycles. The van der Waals surface area contributed by atoms with Gasteiger partial charge in [-0.25, -0.2) is 0 Å². The maximum atomic E-state index is 12.3. The quantitative estimate of drug-likeness (QED) is 0.693. The highest BCUT2D eigenvalue weighted by atomic mass is 16.5. The Kier molecular flexibility index (Phi) is 1.99. The van der Waals surface area contributed by atoms with Crippen LogP contribution < -0.4 is 0 Å². The van der Waals surface area contributed by atoms with Crippen molar-refractivity contribution in [1.82, 2.24) is 0 Å². The van der Waals surface area contributed by atoms with E-state index in [1.807, 2.05) is 0 Å². The second-order valence-electron chi connectivity index (χ2n) is 5.73. The topological polar surface area (TPSA) is 26.3 Å². The van der Waals surface area contributed by atoms with Crippen molar-refractivity contribution >= 4 is 5.97 Å². The van der Waals surface area contributed by atoms with E-state index in [9.17, 15) is 4.79 Å². The van der Waals surface area contributed by atoms with Gasteiger partial charge >= 0.3 is 5.97 Å². The highest BCUT2D eigenvalue weighted by Crippen LogP contribution is 2.67. The second-order valence-corrected chi connectivity index (χ2v) is 5.73. The summed E-state index contributed by atoms with van der Waals surface area (Å²) in [7, 11) is 1.51. The number of methoxy groups -OCH3 is 1. The summed E-state index contributed by atoms with van der Waals surface area (Å²) >= 11 is 0. The second kappa shape index (κ2) is 3.12. The SMILES string of the molecule is COC(=O)C12Cc3ccccc3C1(C)CC2C. The van der Waals surface area contributed by atoms with Gasteiger partial charge in [-0.05, 0) is 29.9 Å². The lowest BCUT2D eigenvalue weighted by Gasteiger charge is -2.57. The third-order valence-electron chi connectivity index (χ3n) is 5.17. The molecule has 0 aliphatic heterocycles. The molecule has 17 heavy (non-hydrogen) atoms. The molecule has 0 radical (unpaired) electrons. The van der Waals surface area contributed by atoms with Crippen LogP contribution in [0.15, 0.2) is 24.3 Å². The lowest BCUT2D eigenvalue weighted by molar-refractivity contribution is -0.175.